The number of fused-ring (bicyclic) bond motifs is 1. The molecule has 1 aromatic rings. The zero-order valence-corrected chi connectivity index (χ0v) is 14.2. The van der Waals surface area contributed by atoms with Gasteiger partial charge in [-0.15, -0.1) is 0 Å². The number of allylic oxidation sites excluding steroid dienone is 1. The highest BCUT2D eigenvalue weighted by atomic mass is 35.5. The average Bonchev–Trinajstić information content (AvgIpc) is 2.62. The van der Waals surface area contributed by atoms with Crippen molar-refractivity contribution >= 4 is 29.1 Å². The molecule has 1 aliphatic carbocycles. The largest absolute Gasteiger partial charge is 0.305 e. The summed E-state index contributed by atoms with van der Waals surface area (Å²) in [7, 11) is 0. The molecule has 0 aromatic heterocycles. The molecule has 4 nitrogen and oxygen atoms in total. The number of thioether (sulfide) groups is 1. The topological polar surface area (TPSA) is 95.2 Å². The van der Waals surface area contributed by atoms with Gasteiger partial charge in [-0.25, -0.2) is 0 Å². The molecule has 1 unspecified atom stereocenters. The molecule has 1 saturated carbocycles. The van der Waals surface area contributed by atoms with Crippen LogP contribution in [0.1, 0.15) is 11.5 Å². The van der Waals surface area contributed by atoms with Crippen LogP contribution in [0.2, 0.25) is 5.02 Å². The number of nitrogens with one attached hydrogen (secondary N) is 1. The molecule has 1 aliphatic heterocycles. The molecule has 0 saturated heterocycles. The van der Waals surface area contributed by atoms with Crippen molar-refractivity contribution in [2.45, 2.75) is 5.92 Å². The lowest BCUT2D eigenvalue weighted by Gasteiger charge is -2.45. The summed E-state index contributed by atoms with van der Waals surface area (Å²) in [6, 6.07) is 13.5. The SMILES string of the molecule is N#CC1C(=N)C(C#N)(C#N)C2=CCSC[C@H]2[C@@H]1c1ccccc1Cl. The smallest absolute Gasteiger partial charge is 0.203 e. The third-order valence-electron chi connectivity index (χ3n) is 4.80. The molecule has 1 heterocycles. The third-order valence-corrected chi connectivity index (χ3v) is 6.14. The Morgan fingerprint density at radius 1 is 1.21 bits per heavy atom. The van der Waals surface area contributed by atoms with E-state index in [9.17, 15) is 15.8 Å². The summed E-state index contributed by atoms with van der Waals surface area (Å²) in [6.07, 6.45) is 1.89. The normalized spacial score (nSPS) is 27.8. The molecule has 0 bridgehead atoms. The molecule has 0 radical (unpaired) electrons. The summed E-state index contributed by atoms with van der Waals surface area (Å²) in [5, 5.41) is 38.1. The van der Waals surface area contributed by atoms with E-state index in [1.807, 2.05) is 36.4 Å². The molecule has 1 fully saturated rings. The molecule has 24 heavy (non-hydrogen) atoms. The molecule has 1 aromatic carbocycles. The first-order valence-electron chi connectivity index (χ1n) is 7.44. The van der Waals surface area contributed by atoms with E-state index in [0.717, 1.165) is 5.56 Å². The van der Waals surface area contributed by atoms with Gasteiger partial charge in [0.1, 0.15) is 0 Å². The Bertz CT molecular complexity index is 841. The highest BCUT2D eigenvalue weighted by Crippen LogP contribution is 2.54. The van der Waals surface area contributed by atoms with E-state index in [2.05, 4.69) is 6.07 Å². The summed E-state index contributed by atoms with van der Waals surface area (Å²) in [5.41, 5.74) is -0.301. The highest BCUT2D eigenvalue weighted by molar-refractivity contribution is 7.99. The van der Waals surface area contributed by atoms with Gasteiger partial charge in [-0.2, -0.15) is 27.5 Å². The van der Waals surface area contributed by atoms with Crippen LogP contribution in [-0.4, -0.2) is 17.2 Å². The lowest BCUT2D eigenvalue weighted by molar-refractivity contribution is 0.412. The molecule has 3 rings (SSSR count). The van der Waals surface area contributed by atoms with E-state index < -0.39 is 11.3 Å². The quantitative estimate of drug-likeness (QED) is 0.775. The van der Waals surface area contributed by atoms with Gasteiger partial charge in [0.15, 0.2) is 0 Å². The summed E-state index contributed by atoms with van der Waals surface area (Å²) in [6.45, 7) is 0. The Morgan fingerprint density at radius 3 is 2.54 bits per heavy atom. The van der Waals surface area contributed by atoms with Crippen molar-refractivity contribution < 1.29 is 0 Å². The van der Waals surface area contributed by atoms with Crippen LogP contribution in [0.4, 0.5) is 0 Å². The standard InChI is InChI=1S/C18H13ClN4S/c19-15-4-2-1-3-11(15)16-12(7-20)17(23)18(9-21,10-22)14-5-6-24-8-13(14)16/h1-5,12-13,16,23H,6,8H2/t12?,13-,16-/m1/s1. The average molecular weight is 353 g/mol. The fourth-order valence-electron chi connectivity index (χ4n) is 3.67. The minimum Gasteiger partial charge on any atom is -0.305 e. The van der Waals surface area contributed by atoms with Crippen molar-refractivity contribution in [3.8, 4) is 18.2 Å². The maximum absolute atomic E-state index is 9.72. The Balaban J connectivity index is 2.25. The van der Waals surface area contributed by atoms with Gasteiger partial charge in [-0.1, -0.05) is 35.9 Å². The molecule has 0 spiro atoms. The Morgan fingerprint density at radius 2 is 1.92 bits per heavy atom. The van der Waals surface area contributed by atoms with Crippen LogP contribution in [0.3, 0.4) is 0 Å². The monoisotopic (exact) mass is 352 g/mol. The van der Waals surface area contributed by atoms with E-state index in [0.29, 0.717) is 22.1 Å². The molecule has 3 atom stereocenters. The van der Waals surface area contributed by atoms with Crippen LogP contribution in [-0.2, 0) is 0 Å². The van der Waals surface area contributed by atoms with Crippen molar-refractivity contribution in [3.05, 3.63) is 46.5 Å². The number of benzene rings is 1. The zero-order valence-electron chi connectivity index (χ0n) is 12.7. The number of hydrogen-bond acceptors (Lipinski definition) is 5. The number of halogens is 1. The second kappa shape index (κ2) is 6.33. The Hall–Kier alpha value is -2.26. The van der Waals surface area contributed by atoms with Gasteiger partial charge >= 0.3 is 0 Å². The zero-order chi connectivity index (χ0) is 17.3. The van der Waals surface area contributed by atoms with E-state index in [-0.39, 0.29) is 17.5 Å². The maximum Gasteiger partial charge on any atom is 0.203 e. The predicted molar refractivity (Wildman–Crippen MR) is 93.6 cm³/mol. The minimum absolute atomic E-state index is 0.130. The number of hydrogen-bond donors (Lipinski definition) is 1. The van der Waals surface area contributed by atoms with Crippen LogP contribution in [0.15, 0.2) is 35.9 Å². The number of nitrogens with zero attached hydrogens (tertiary/aromatic N) is 3. The highest BCUT2D eigenvalue weighted by Gasteiger charge is 2.56. The van der Waals surface area contributed by atoms with Crippen molar-refractivity contribution in [2.24, 2.45) is 17.3 Å². The minimum atomic E-state index is -1.64. The fraction of sp³-hybridized carbons (Fsp3) is 0.333. The molecule has 118 valence electrons. The Kier molecular flexibility index (Phi) is 4.37. The van der Waals surface area contributed by atoms with Crippen molar-refractivity contribution in [1.29, 1.82) is 21.2 Å². The summed E-state index contributed by atoms with van der Waals surface area (Å²) < 4.78 is 0. The second-order valence-corrected chi connectivity index (χ2v) is 7.33. The molecule has 1 N–H and O–H groups in total. The Labute approximate surface area is 149 Å². The van der Waals surface area contributed by atoms with Crippen LogP contribution in [0, 0.1) is 56.7 Å². The van der Waals surface area contributed by atoms with Gasteiger partial charge < -0.3 is 5.41 Å². The number of rotatable bonds is 1. The number of nitriles is 3. The van der Waals surface area contributed by atoms with Gasteiger partial charge in [0.2, 0.25) is 5.41 Å². The molecule has 2 aliphatic rings. The lowest BCUT2D eigenvalue weighted by Crippen LogP contribution is -2.48. The maximum atomic E-state index is 9.72. The van der Waals surface area contributed by atoms with E-state index in [1.54, 1.807) is 17.8 Å². The third kappa shape index (κ3) is 2.23. The fourth-order valence-corrected chi connectivity index (χ4v) is 5.01. The van der Waals surface area contributed by atoms with Crippen LogP contribution in [0.25, 0.3) is 0 Å². The van der Waals surface area contributed by atoms with E-state index in [1.165, 1.54) is 0 Å². The van der Waals surface area contributed by atoms with Crippen LogP contribution >= 0.6 is 23.4 Å². The summed E-state index contributed by atoms with van der Waals surface area (Å²) in [4.78, 5) is 0. The second-order valence-electron chi connectivity index (χ2n) is 5.84. The van der Waals surface area contributed by atoms with E-state index in [4.69, 9.17) is 17.0 Å². The van der Waals surface area contributed by atoms with Gasteiger partial charge in [0.25, 0.3) is 0 Å². The van der Waals surface area contributed by atoms with Crippen molar-refractivity contribution in [3.63, 3.8) is 0 Å². The van der Waals surface area contributed by atoms with Crippen molar-refractivity contribution in [2.75, 3.05) is 11.5 Å². The molecule has 0 amide bonds. The molecule has 6 heteroatoms. The lowest BCUT2D eigenvalue weighted by atomic mass is 9.56. The summed E-state index contributed by atoms with van der Waals surface area (Å²) in [5.74, 6) is 0.103. The first kappa shape index (κ1) is 16.6. The van der Waals surface area contributed by atoms with Crippen molar-refractivity contribution in [1.82, 2.24) is 0 Å². The summed E-state index contributed by atoms with van der Waals surface area (Å²) >= 11 is 8.06. The molecular weight excluding hydrogens is 340 g/mol. The van der Waals surface area contributed by atoms with Gasteiger partial charge in [-0.05, 0) is 17.2 Å². The van der Waals surface area contributed by atoms with Crippen LogP contribution < -0.4 is 0 Å². The van der Waals surface area contributed by atoms with Gasteiger partial charge in [0.05, 0.1) is 29.8 Å². The van der Waals surface area contributed by atoms with Gasteiger partial charge in [0, 0.05) is 28.4 Å². The predicted octanol–water partition coefficient (Wildman–Crippen LogP) is 3.92. The first-order valence-corrected chi connectivity index (χ1v) is 8.97. The van der Waals surface area contributed by atoms with Gasteiger partial charge in [-0.3, -0.25) is 0 Å². The van der Waals surface area contributed by atoms with Crippen LogP contribution in [0.5, 0.6) is 0 Å². The first-order chi connectivity index (χ1) is 11.6. The van der Waals surface area contributed by atoms with E-state index >= 15 is 0 Å². The molecular formula is C18H13ClN4S.